The van der Waals surface area contributed by atoms with Crippen molar-refractivity contribution < 1.29 is 12.3 Å². The van der Waals surface area contributed by atoms with Crippen LogP contribution in [-0.2, 0) is 10.2 Å². The highest BCUT2D eigenvalue weighted by Crippen LogP contribution is 2.35. The van der Waals surface area contributed by atoms with Crippen LogP contribution in [0.2, 0.25) is 5.02 Å². The van der Waals surface area contributed by atoms with Gasteiger partial charge in [0.15, 0.2) is 0 Å². The second kappa shape index (κ2) is 4.72. The lowest BCUT2D eigenvalue weighted by Gasteiger charge is -2.09. The standard InChI is InChI=1S/C9H10ClFO2S2/c1-6(2)14-8-5-3-4-7(10)9(8)15(11,12)13/h3-6H,1-2H3. The van der Waals surface area contributed by atoms with Crippen LogP contribution in [-0.4, -0.2) is 13.7 Å². The molecule has 0 aliphatic heterocycles. The smallest absolute Gasteiger partial charge is 0.189 e. The Morgan fingerprint density at radius 1 is 1.40 bits per heavy atom. The first-order chi connectivity index (χ1) is 6.82. The van der Waals surface area contributed by atoms with Gasteiger partial charge in [-0.15, -0.1) is 15.6 Å². The van der Waals surface area contributed by atoms with Gasteiger partial charge in [0.05, 0.1) is 5.02 Å². The van der Waals surface area contributed by atoms with E-state index in [0.29, 0.717) is 4.90 Å². The van der Waals surface area contributed by atoms with E-state index in [1.807, 2.05) is 13.8 Å². The van der Waals surface area contributed by atoms with Gasteiger partial charge in [0.2, 0.25) is 0 Å². The summed E-state index contributed by atoms with van der Waals surface area (Å²) in [4.78, 5) is -0.0784. The minimum absolute atomic E-state index is 0.0804. The third-order valence-corrected chi connectivity index (χ3v) is 4.09. The first kappa shape index (κ1) is 12.8. The Labute approximate surface area is 98.0 Å². The largest absolute Gasteiger partial charge is 0.334 e. The Balaban J connectivity index is 3.34. The molecule has 1 aromatic rings. The van der Waals surface area contributed by atoms with Crippen molar-refractivity contribution in [3.8, 4) is 0 Å². The van der Waals surface area contributed by atoms with Crippen LogP contribution in [0, 0.1) is 0 Å². The van der Waals surface area contributed by atoms with E-state index in [4.69, 9.17) is 11.6 Å². The highest BCUT2D eigenvalue weighted by atomic mass is 35.5. The van der Waals surface area contributed by atoms with Gasteiger partial charge in [0, 0.05) is 10.1 Å². The lowest BCUT2D eigenvalue weighted by atomic mass is 10.4. The molecule has 2 nitrogen and oxygen atoms in total. The van der Waals surface area contributed by atoms with E-state index in [1.54, 1.807) is 12.1 Å². The average molecular weight is 269 g/mol. The topological polar surface area (TPSA) is 34.1 Å². The van der Waals surface area contributed by atoms with Gasteiger partial charge in [0.25, 0.3) is 0 Å². The molecule has 1 rings (SSSR count). The summed E-state index contributed by atoms with van der Waals surface area (Å²) >= 11 is 6.93. The average Bonchev–Trinajstić information content (AvgIpc) is 1.99. The lowest BCUT2D eigenvalue weighted by Crippen LogP contribution is -1.98. The van der Waals surface area contributed by atoms with Crippen molar-refractivity contribution in [3.63, 3.8) is 0 Å². The van der Waals surface area contributed by atoms with Crippen molar-refractivity contribution in [2.24, 2.45) is 0 Å². The van der Waals surface area contributed by atoms with Crippen LogP contribution in [0.5, 0.6) is 0 Å². The SMILES string of the molecule is CC(C)Sc1cccc(Cl)c1S(=O)(=O)F. The molecule has 0 fully saturated rings. The van der Waals surface area contributed by atoms with Crippen LogP contribution in [0.1, 0.15) is 13.8 Å². The van der Waals surface area contributed by atoms with Crippen LogP contribution in [0.25, 0.3) is 0 Å². The van der Waals surface area contributed by atoms with Crippen LogP contribution in [0.4, 0.5) is 3.89 Å². The Kier molecular flexibility index (Phi) is 4.03. The minimum Gasteiger partial charge on any atom is -0.189 e. The molecule has 6 heteroatoms. The predicted octanol–water partition coefficient (Wildman–Crippen LogP) is 3.50. The van der Waals surface area contributed by atoms with E-state index in [9.17, 15) is 12.3 Å². The number of hydrogen-bond acceptors (Lipinski definition) is 3. The van der Waals surface area contributed by atoms with Gasteiger partial charge >= 0.3 is 10.2 Å². The van der Waals surface area contributed by atoms with Crippen molar-refractivity contribution in [1.29, 1.82) is 0 Å². The summed E-state index contributed by atoms with van der Waals surface area (Å²) in [6, 6.07) is 4.50. The molecule has 0 heterocycles. The summed E-state index contributed by atoms with van der Waals surface area (Å²) in [5.74, 6) is 0. The first-order valence-corrected chi connectivity index (χ1v) is 6.86. The van der Waals surface area contributed by atoms with Crippen LogP contribution in [0.3, 0.4) is 0 Å². The maximum absolute atomic E-state index is 13.0. The van der Waals surface area contributed by atoms with Crippen molar-refractivity contribution in [1.82, 2.24) is 0 Å². The Morgan fingerprint density at radius 3 is 2.47 bits per heavy atom. The molecule has 0 unspecified atom stereocenters. The minimum atomic E-state index is -4.76. The molecule has 0 aromatic heterocycles. The lowest BCUT2D eigenvalue weighted by molar-refractivity contribution is 0.550. The molecule has 0 bridgehead atoms. The molecule has 0 aliphatic carbocycles. The summed E-state index contributed by atoms with van der Waals surface area (Å²) in [6.07, 6.45) is 0. The summed E-state index contributed by atoms with van der Waals surface area (Å²) in [7, 11) is -4.76. The maximum atomic E-state index is 13.0. The van der Waals surface area contributed by atoms with E-state index in [-0.39, 0.29) is 10.3 Å². The molecule has 0 amide bonds. The third kappa shape index (κ3) is 3.36. The van der Waals surface area contributed by atoms with Crippen LogP contribution >= 0.6 is 23.4 Å². The highest BCUT2D eigenvalue weighted by molar-refractivity contribution is 8.00. The molecule has 0 N–H and O–H groups in total. The summed E-state index contributed by atoms with van der Waals surface area (Å²) < 4.78 is 34.8. The number of thioether (sulfide) groups is 1. The van der Waals surface area contributed by atoms with E-state index >= 15 is 0 Å². The van der Waals surface area contributed by atoms with Gasteiger partial charge < -0.3 is 0 Å². The molecular weight excluding hydrogens is 259 g/mol. The Hall–Kier alpha value is -0.260. The normalized spacial score (nSPS) is 12.1. The van der Waals surface area contributed by atoms with E-state index in [2.05, 4.69) is 0 Å². The molecule has 0 saturated heterocycles. The molecular formula is C9H10ClFO2S2. The first-order valence-electron chi connectivity index (χ1n) is 4.22. The van der Waals surface area contributed by atoms with Gasteiger partial charge in [-0.2, -0.15) is 8.42 Å². The maximum Gasteiger partial charge on any atom is 0.334 e. The van der Waals surface area contributed by atoms with Gasteiger partial charge in [0.1, 0.15) is 4.90 Å². The number of rotatable bonds is 3. The second-order valence-electron chi connectivity index (χ2n) is 3.17. The van der Waals surface area contributed by atoms with Crippen LogP contribution in [0.15, 0.2) is 28.0 Å². The zero-order valence-corrected chi connectivity index (χ0v) is 10.6. The molecule has 15 heavy (non-hydrogen) atoms. The summed E-state index contributed by atoms with van der Waals surface area (Å²) in [5, 5.41) is 0.0760. The molecule has 84 valence electrons. The molecule has 0 radical (unpaired) electrons. The monoisotopic (exact) mass is 268 g/mol. The van der Waals surface area contributed by atoms with Crippen molar-refractivity contribution in [3.05, 3.63) is 23.2 Å². The fourth-order valence-corrected chi connectivity index (χ4v) is 3.51. The van der Waals surface area contributed by atoms with Crippen LogP contribution < -0.4 is 0 Å². The fraction of sp³-hybridized carbons (Fsp3) is 0.333. The fourth-order valence-electron chi connectivity index (χ4n) is 1.07. The predicted molar refractivity (Wildman–Crippen MR) is 60.7 cm³/mol. The Bertz CT molecular complexity index is 457. The summed E-state index contributed by atoms with van der Waals surface area (Å²) in [5.41, 5.74) is 0. The van der Waals surface area contributed by atoms with Crippen molar-refractivity contribution in [2.75, 3.05) is 0 Å². The molecule has 1 aromatic carbocycles. The highest BCUT2D eigenvalue weighted by Gasteiger charge is 2.21. The molecule has 0 spiro atoms. The molecule has 0 aliphatic rings. The quantitative estimate of drug-likeness (QED) is 0.622. The molecule has 0 atom stereocenters. The van der Waals surface area contributed by atoms with E-state index < -0.39 is 15.1 Å². The second-order valence-corrected chi connectivity index (χ2v) is 6.48. The van der Waals surface area contributed by atoms with Crippen molar-refractivity contribution in [2.45, 2.75) is 28.9 Å². The number of halogens is 2. The number of benzene rings is 1. The van der Waals surface area contributed by atoms with E-state index in [1.165, 1.54) is 17.8 Å². The third-order valence-electron chi connectivity index (χ3n) is 1.54. The molecule has 0 saturated carbocycles. The Morgan fingerprint density at radius 2 is 2.00 bits per heavy atom. The summed E-state index contributed by atoms with van der Waals surface area (Å²) in [6.45, 7) is 3.78. The van der Waals surface area contributed by atoms with Crippen molar-refractivity contribution >= 4 is 33.6 Å². The van der Waals surface area contributed by atoms with Gasteiger partial charge in [-0.1, -0.05) is 31.5 Å². The van der Waals surface area contributed by atoms with Gasteiger partial charge in [-0.05, 0) is 12.1 Å². The van der Waals surface area contributed by atoms with E-state index in [0.717, 1.165) is 0 Å². The number of hydrogen-bond donors (Lipinski definition) is 0. The van der Waals surface area contributed by atoms with Gasteiger partial charge in [-0.3, -0.25) is 0 Å². The zero-order valence-electron chi connectivity index (χ0n) is 8.20. The zero-order chi connectivity index (χ0) is 11.6. The van der Waals surface area contributed by atoms with Gasteiger partial charge in [-0.25, -0.2) is 0 Å².